The van der Waals surface area contributed by atoms with Gasteiger partial charge in [0.1, 0.15) is 0 Å². The number of rotatable bonds is 1. The quantitative estimate of drug-likeness (QED) is 0.651. The van der Waals surface area contributed by atoms with E-state index in [0.717, 1.165) is 22.3 Å². The standard InChI is InChI=1S/C14H10Cl2N2/c15-10-7-9-5-6-18(14(9)8-11(10)16)13-4-2-1-3-12(13)17/h1-8H,17H2. The summed E-state index contributed by atoms with van der Waals surface area (Å²) in [6, 6.07) is 13.4. The van der Waals surface area contributed by atoms with Gasteiger partial charge in [0.15, 0.2) is 0 Å². The monoisotopic (exact) mass is 276 g/mol. The van der Waals surface area contributed by atoms with E-state index >= 15 is 0 Å². The van der Waals surface area contributed by atoms with Gasteiger partial charge in [-0.3, -0.25) is 0 Å². The summed E-state index contributed by atoms with van der Waals surface area (Å²) in [5, 5.41) is 2.13. The normalized spacial score (nSPS) is 11.0. The van der Waals surface area contributed by atoms with E-state index in [1.807, 2.05) is 53.2 Å². The van der Waals surface area contributed by atoms with Crippen LogP contribution in [0.25, 0.3) is 16.6 Å². The van der Waals surface area contributed by atoms with Gasteiger partial charge in [0.25, 0.3) is 0 Å². The molecule has 1 aromatic heterocycles. The van der Waals surface area contributed by atoms with E-state index in [1.165, 1.54) is 0 Å². The molecule has 0 bridgehead atoms. The zero-order valence-corrected chi connectivity index (χ0v) is 10.9. The lowest BCUT2D eigenvalue weighted by Crippen LogP contribution is -1.97. The first-order chi connectivity index (χ1) is 8.66. The predicted molar refractivity (Wildman–Crippen MR) is 77.7 cm³/mol. The topological polar surface area (TPSA) is 30.9 Å². The largest absolute Gasteiger partial charge is 0.397 e. The molecule has 0 aliphatic heterocycles. The first-order valence-corrected chi connectivity index (χ1v) is 6.23. The lowest BCUT2D eigenvalue weighted by molar-refractivity contribution is 1.13. The van der Waals surface area contributed by atoms with Crippen molar-refractivity contribution < 1.29 is 0 Å². The van der Waals surface area contributed by atoms with E-state index in [1.54, 1.807) is 0 Å². The van der Waals surface area contributed by atoms with Crippen LogP contribution in [0.2, 0.25) is 10.0 Å². The number of nitrogens with two attached hydrogens (primary N) is 1. The molecule has 0 aliphatic carbocycles. The first-order valence-electron chi connectivity index (χ1n) is 5.48. The Morgan fingerprint density at radius 1 is 0.944 bits per heavy atom. The second-order valence-corrected chi connectivity index (χ2v) is 4.88. The number of nitrogen functional groups attached to an aromatic ring is 1. The molecule has 3 rings (SSSR count). The number of hydrogen-bond acceptors (Lipinski definition) is 1. The highest BCUT2D eigenvalue weighted by atomic mass is 35.5. The summed E-state index contributed by atoms with van der Waals surface area (Å²) in [5.74, 6) is 0. The first kappa shape index (κ1) is 11.5. The third kappa shape index (κ3) is 1.74. The Balaban J connectivity index is 2.31. The molecular formula is C14H10Cl2N2. The number of hydrogen-bond donors (Lipinski definition) is 1. The number of fused-ring (bicyclic) bond motifs is 1. The van der Waals surface area contributed by atoms with Gasteiger partial charge in [0.05, 0.1) is 26.9 Å². The fourth-order valence-electron chi connectivity index (χ4n) is 2.05. The van der Waals surface area contributed by atoms with Crippen LogP contribution in [0.15, 0.2) is 48.7 Å². The molecule has 2 aromatic carbocycles. The van der Waals surface area contributed by atoms with Crippen LogP contribution in [0.4, 0.5) is 5.69 Å². The van der Waals surface area contributed by atoms with Crippen molar-refractivity contribution in [2.75, 3.05) is 5.73 Å². The average Bonchev–Trinajstić information content (AvgIpc) is 2.73. The molecule has 0 unspecified atom stereocenters. The molecule has 0 radical (unpaired) electrons. The van der Waals surface area contributed by atoms with Gasteiger partial charge in [-0.05, 0) is 30.3 Å². The minimum atomic E-state index is 0.540. The van der Waals surface area contributed by atoms with Crippen LogP contribution in [-0.4, -0.2) is 4.57 Å². The van der Waals surface area contributed by atoms with E-state index in [0.29, 0.717) is 10.0 Å². The maximum absolute atomic E-state index is 6.07. The number of aromatic nitrogens is 1. The minimum absolute atomic E-state index is 0.540. The predicted octanol–water partition coefficient (Wildman–Crippen LogP) is 4.52. The van der Waals surface area contributed by atoms with Crippen LogP contribution in [0, 0.1) is 0 Å². The van der Waals surface area contributed by atoms with Gasteiger partial charge in [0.2, 0.25) is 0 Å². The Bertz CT molecular complexity index is 732. The Labute approximate surface area is 115 Å². The zero-order chi connectivity index (χ0) is 12.7. The lowest BCUT2D eigenvalue weighted by atomic mass is 10.2. The second kappa shape index (κ2) is 4.23. The highest BCUT2D eigenvalue weighted by Crippen LogP contribution is 2.31. The summed E-state index contributed by atoms with van der Waals surface area (Å²) in [5.41, 5.74) is 8.64. The Morgan fingerprint density at radius 3 is 2.44 bits per heavy atom. The maximum atomic E-state index is 6.07. The fraction of sp³-hybridized carbons (Fsp3) is 0. The van der Waals surface area contributed by atoms with Gasteiger partial charge in [0, 0.05) is 11.6 Å². The van der Waals surface area contributed by atoms with Crippen molar-refractivity contribution >= 4 is 39.8 Å². The van der Waals surface area contributed by atoms with Crippen LogP contribution >= 0.6 is 23.2 Å². The Kier molecular flexibility index (Phi) is 2.69. The molecule has 0 atom stereocenters. The Hall–Kier alpha value is -1.64. The number of para-hydroxylation sites is 2. The van der Waals surface area contributed by atoms with E-state index in [9.17, 15) is 0 Å². The van der Waals surface area contributed by atoms with E-state index in [2.05, 4.69) is 0 Å². The summed E-state index contributed by atoms with van der Waals surface area (Å²) in [6.07, 6.45) is 1.96. The molecule has 0 spiro atoms. The highest BCUT2D eigenvalue weighted by Gasteiger charge is 2.08. The van der Waals surface area contributed by atoms with E-state index in [4.69, 9.17) is 28.9 Å². The smallest absolute Gasteiger partial charge is 0.0685 e. The number of nitrogens with zero attached hydrogens (tertiary/aromatic N) is 1. The van der Waals surface area contributed by atoms with Crippen molar-refractivity contribution in [2.24, 2.45) is 0 Å². The van der Waals surface area contributed by atoms with Gasteiger partial charge in [-0.25, -0.2) is 0 Å². The van der Waals surface area contributed by atoms with Gasteiger partial charge >= 0.3 is 0 Å². The molecule has 0 saturated carbocycles. The minimum Gasteiger partial charge on any atom is -0.397 e. The van der Waals surface area contributed by atoms with Crippen molar-refractivity contribution in [1.29, 1.82) is 0 Å². The summed E-state index contributed by atoms with van der Waals surface area (Å²) in [7, 11) is 0. The highest BCUT2D eigenvalue weighted by molar-refractivity contribution is 6.42. The van der Waals surface area contributed by atoms with Crippen molar-refractivity contribution in [3.05, 3.63) is 58.7 Å². The van der Waals surface area contributed by atoms with Crippen molar-refractivity contribution in [1.82, 2.24) is 4.57 Å². The summed E-state index contributed by atoms with van der Waals surface area (Å²) in [4.78, 5) is 0. The SMILES string of the molecule is Nc1ccccc1-n1ccc2cc(Cl)c(Cl)cc21. The van der Waals surface area contributed by atoms with E-state index < -0.39 is 0 Å². The maximum Gasteiger partial charge on any atom is 0.0685 e. The molecule has 2 nitrogen and oxygen atoms in total. The zero-order valence-electron chi connectivity index (χ0n) is 9.40. The summed E-state index contributed by atoms with van der Waals surface area (Å²) in [6.45, 7) is 0. The molecule has 2 N–H and O–H groups in total. The van der Waals surface area contributed by atoms with Gasteiger partial charge < -0.3 is 10.3 Å². The van der Waals surface area contributed by atoms with Crippen LogP contribution in [0.3, 0.4) is 0 Å². The fourth-order valence-corrected chi connectivity index (χ4v) is 2.38. The van der Waals surface area contributed by atoms with Crippen molar-refractivity contribution in [3.63, 3.8) is 0 Å². The van der Waals surface area contributed by atoms with Crippen LogP contribution in [0.5, 0.6) is 0 Å². The number of benzene rings is 2. The molecule has 0 saturated heterocycles. The van der Waals surface area contributed by atoms with Crippen LogP contribution < -0.4 is 5.73 Å². The van der Waals surface area contributed by atoms with Gasteiger partial charge in [-0.15, -0.1) is 0 Å². The molecule has 90 valence electrons. The third-order valence-electron chi connectivity index (χ3n) is 2.93. The summed E-state index contributed by atoms with van der Waals surface area (Å²) < 4.78 is 2.01. The molecule has 4 heteroatoms. The van der Waals surface area contributed by atoms with E-state index in [-0.39, 0.29) is 0 Å². The van der Waals surface area contributed by atoms with Crippen LogP contribution in [-0.2, 0) is 0 Å². The second-order valence-electron chi connectivity index (χ2n) is 4.07. The molecule has 3 aromatic rings. The van der Waals surface area contributed by atoms with Gasteiger partial charge in [-0.2, -0.15) is 0 Å². The number of anilines is 1. The molecule has 18 heavy (non-hydrogen) atoms. The molecule has 0 aliphatic rings. The summed E-state index contributed by atoms with van der Waals surface area (Å²) >= 11 is 12.1. The molecular weight excluding hydrogens is 267 g/mol. The third-order valence-corrected chi connectivity index (χ3v) is 3.65. The van der Waals surface area contributed by atoms with Crippen molar-refractivity contribution in [3.8, 4) is 5.69 Å². The molecule has 1 heterocycles. The van der Waals surface area contributed by atoms with Gasteiger partial charge in [-0.1, -0.05) is 35.3 Å². The Morgan fingerprint density at radius 2 is 1.67 bits per heavy atom. The molecule has 0 amide bonds. The number of halogens is 2. The van der Waals surface area contributed by atoms with Crippen LogP contribution in [0.1, 0.15) is 0 Å². The van der Waals surface area contributed by atoms with Crippen molar-refractivity contribution in [2.45, 2.75) is 0 Å². The lowest BCUT2D eigenvalue weighted by Gasteiger charge is -2.09. The average molecular weight is 277 g/mol. The molecule has 0 fully saturated rings.